The molecule has 0 saturated heterocycles. The van der Waals surface area contributed by atoms with E-state index in [0.717, 1.165) is 0 Å². The lowest BCUT2D eigenvalue weighted by Crippen LogP contribution is -2.42. The summed E-state index contributed by atoms with van der Waals surface area (Å²) < 4.78 is 35.5. The predicted molar refractivity (Wildman–Crippen MR) is 131 cm³/mol. The van der Waals surface area contributed by atoms with Crippen molar-refractivity contribution >= 4 is 17.8 Å². The van der Waals surface area contributed by atoms with Gasteiger partial charge in [-0.2, -0.15) is 0 Å². The number of halogens is 1. The zero-order valence-corrected chi connectivity index (χ0v) is 20.8. The average molecular weight is 511 g/mol. The van der Waals surface area contributed by atoms with E-state index < -0.39 is 41.9 Å². The molecular formula is C27H27FN2O7. The fourth-order valence-corrected chi connectivity index (χ4v) is 3.43. The van der Waals surface area contributed by atoms with Crippen molar-refractivity contribution in [1.29, 1.82) is 0 Å². The lowest BCUT2D eigenvalue weighted by atomic mass is 10.0. The summed E-state index contributed by atoms with van der Waals surface area (Å²) in [5.41, 5.74) is 0.467. The maximum Gasteiger partial charge on any atom is 0.328 e. The molecule has 37 heavy (non-hydrogen) atoms. The molecule has 9 nitrogen and oxygen atoms in total. The van der Waals surface area contributed by atoms with E-state index in [-0.39, 0.29) is 22.9 Å². The van der Waals surface area contributed by atoms with E-state index in [1.54, 1.807) is 37.3 Å². The van der Waals surface area contributed by atoms with Gasteiger partial charge in [-0.3, -0.25) is 9.59 Å². The topological polar surface area (TPSA) is 113 Å². The minimum absolute atomic E-state index is 0.124. The van der Waals surface area contributed by atoms with Gasteiger partial charge in [0, 0.05) is 25.3 Å². The maximum atomic E-state index is 13.7. The van der Waals surface area contributed by atoms with Crippen LogP contribution in [0.1, 0.15) is 42.9 Å². The molecule has 1 aromatic heterocycles. The van der Waals surface area contributed by atoms with Crippen molar-refractivity contribution in [3.8, 4) is 17.2 Å². The molecule has 3 aromatic rings. The van der Waals surface area contributed by atoms with Gasteiger partial charge in [0.2, 0.25) is 5.75 Å². The minimum atomic E-state index is -1.10. The first-order chi connectivity index (χ1) is 17.7. The second kappa shape index (κ2) is 12.5. The van der Waals surface area contributed by atoms with Gasteiger partial charge in [-0.1, -0.05) is 36.4 Å². The Labute approximate surface area is 213 Å². The molecule has 1 N–H and O–H groups in total. The van der Waals surface area contributed by atoms with E-state index in [0.29, 0.717) is 5.56 Å². The quantitative estimate of drug-likeness (QED) is 0.407. The molecule has 0 spiro atoms. The molecule has 0 bridgehead atoms. The minimum Gasteiger partial charge on any atom is -0.493 e. The van der Waals surface area contributed by atoms with Crippen molar-refractivity contribution in [3.05, 3.63) is 83.9 Å². The number of pyridine rings is 1. The number of rotatable bonds is 10. The molecular weight excluding hydrogens is 483 g/mol. The molecule has 0 aliphatic carbocycles. The molecule has 10 heteroatoms. The Bertz CT molecular complexity index is 1250. The van der Waals surface area contributed by atoms with Gasteiger partial charge in [0.05, 0.1) is 7.11 Å². The average Bonchev–Trinajstić information content (AvgIpc) is 2.87. The zero-order chi connectivity index (χ0) is 26.9. The molecule has 0 aliphatic heterocycles. The van der Waals surface area contributed by atoms with Crippen LogP contribution in [0.2, 0.25) is 0 Å². The van der Waals surface area contributed by atoms with Crippen LogP contribution in [0.5, 0.6) is 17.2 Å². The number of nitrogens with zero attached hydrogens (tertiary/aromatic N) is 1. The van der Waals surface area contributed by atoms with Crippen molar-refractivity contribution in [2.45, 2.75) is 39.0 Å². The highest BCUT2D eigenvalue weighted by atomic mass is 19.1. The monoisotopic (exact) mass is 510 g/mol. The highest BCUT2D eigenvalue weighted by Gasteiger charge is 2.29. The van der Waals surface area contributed by atoms with Gasteiger partial charge < -0.3 is 24.3 Å². The molecule has 1 amide bonds. The lowest BCUT2D eigenvalue weighted by molar-refractivity contribution is -0.154. The van der Waals surface area contributed by atoms with Gasteiger partial charge in [-0.15, -0.1) is 0 Å². The first-order valence-electron chi connectivity index (χ1n) is 11.4. The van der Waals surface area contributed by atoms with Crippen LogP contribution in [-0.2, 0) is 14.3 Å². The van der Waals surface area contributed by atoms with Crippen molar-refractivity contribution < 1.29 is 37.7 Å². The van der Waals surface area contributed by atoms with E-state index in [4.69, 9.17) is 18.9 Å². The SMILES string of the molecule is COc1ccnc(C(=O)N[C@@H](C)C(=O)O[C@@H](C)[C@H](Oc2cccc(F)c2)c2ccccc2)c1OC(C)=O. The molecule has 3 atom stereocenters. The van der Waals surface area contributed by atoms with Crippen LogP contribution in [0.15, 0.2) is 66.9 Å². The van der Waals surface area contributed by atoms with Crippen molar-refractivity contribution in [1.82, 2.24) is 10.3 Å². The standard InChI is InChI=1S/C27H27FN2O7/c1-16(30-26(32)23-25(36-18(3)31)22(34-4)13-14-29-23)27(33)35-17(2)24(19-9-6-5-7-10-19)37-21-12-8-11-20(28)15-21/h5-17,24H,1-4H3,(H,30,32)/t16-,17-,24-/m0/s1. The Kier molecular flexibility index (Phi) is 9.15. The third-order valence-electron chi connectivity index (χ3n) is 5.17. The van der Waals surface area contributed by atoms with Gasteiger partial charge in [0.25, 0.3) is 5.91 Å². The Morgan fingerprint density at radius 1 is 1.00 bits per heavy atom. The number of hydrogen-bond acceptors (Lipinski definition) is 8. The van der Waals surface area contributed by atoms with Crippen molar-refractivity contribution in [2.24, 2.45) is 0 Å². The van der Waals surface area contributed by atoms with Gasteiger partial charge in [-0.25, -0.2) is 14.2 Å². The second-order valence-electron chi connectivity index (χ2n) is 8.03. The fourth-order valence-electron chi connectivity index (χ4n) is 3.43. The van der Waals surface area contributed by atoms with Gasteiger partial charge in [-0.05, 0) is 31.5 Å². The summed E-state index contributed by atoms with van der Waals surface area (Å²) in [6, 6.07) is 15.0. The number of carbonyl (C=O) groups excluding carboxylic acids is 3. The molecule has 0 unspecified atom stereocenters. The molecule has 194 valence electrons. The largest absolute Gasteiger partial charge is 0.493 e. The van der Waals surface area contributed by atoms with Crippen LogP contribution in [-0.4, -0.2) is 42.1 Å². The summed E-state index contributed by atoms with van der Waals surface area (Å²) in [4.78, 5) is 41.2. The molecule has 0 aliphatic rings. The van der Waals surface area contributed by atoms with Crippen LogP contribution in [0.25, 0.3) is 0 Å². The Morgan fingerprint density at radius 3 is 2.38 bits per heavy atom. The second-order valence-corrected chi connectivity index (χ2v) is 8.03. The number of carbonyl (C=O) groups is 3. The number of esters is 2. The van der Waals surface area contributed by atoms with Crippen LogP contribution in [0.4, 0.5) is 4.39 Å². The Balaban J connectivity index is 1.74. The highest BCUT2D eigenvalue weighted by molar-refractivity contribution is 5.98. The third-order valence-corrected chi connectivity index (χ3v) is 5.17. The first-order valence-corrected chi connectivity index (χ1v) is 11.4. The maximum absolute atomic E-state index is 13.7. The number of ether oxygens (including phenoxy) is 4. The summed E-state index contributed by atoms with van der Waals surface area (Å²) in [6.07, 6.45) is -0.269. The van der Waals surface area contributed by atoms with Crippen molar-refractivity contribution in [2.75, 3.05) is 7.11 Å². The first kappa shape index (κ1) is 27.1. The van der Waals surface area contributed by atoms with Crippen LogP contribution < -0.4 is 19.5 Å². The van der Waals surface area contributed by atoms with Crippen molar-refractivity contribution in [3.63, 3.8) is 0 Å². The van der Waals surface area contributed by atoms with E-state index in [1.165, 1.54) is 51.4 Å². The van der Waals surface area contributed by atoms with Crippen LogP contribution in [0.3, 0.4) is 0 Å². The molecule has 0 fully saturated rings. The highest BCUT2D eigenvalue weighted by Crippen LogP contribution is 2.30. The van der Waals surface area contributed by atoms with Crippen LogP contribution in [0, 0.1) is 5.82 Å². The Hall–Kier alpha value is -4.47. The van der Waals surface area contributed by atoms with Gasteiger partial charge in [0.1, 0.15) is 23.7 Å². The molecule has 3 rings (SSSR count). The van der Waals surface area contributed by atoms with E-state index in [2.05, 4.69) is 10.3 Å². The van der Waals surface area contributed by atoms with E-state index >= 15 is 0 Å². The summed E-state index contributed by atoms with van der Waals surface area (Å²) in [5.74, 6) is -2.45. The number of nitrogens with one attached hydrogen (secondary N) is 1. The summed E-state index contributed by atoms with van der Waals surface area (Å²) in [6.45, 7) is 4.24. The summed E-state index contributed by atoms with van der Waals surface area (Å²) >= 11 is 0. The number of amides is 1. The zero-order valence-electron chi connectivity index (χ0n) is 20.8. The number of benzene rings is 2. The normalized spacial score (nSPS) is 13.0. The third kappa shape index (κ3) is 7.26. The lowest BCUT2D eigenvalue weighted by Gasteiger charge is -2.27. The summed E-state index contributed by atoms with van der Waals surface area (Å²) in [7, 11) is 1.35. The number of methoxy groups -OCH3 is 1. The smallest absolute Gasteiger partial charge is 0.328 e. The summed E-state index contributed by atoms with van der Waals surface area (Å²) in [5, 5.41) is 2.49. The van der Waals surface area contributed by atoms with E-state index in [9.17, 15) is 18.8 Å². The van der Waals surface area contributed by atoms with Gasteiger partial charge in [0.15, 0.2) is 17.5 Å². The van der Waals surface area contributed by atoms with Gasteiger partial charge >= 0.3 is 11.9 Å². The number of hydrogen-bond donors (Lipinski definition) is 1. The molecule has 1 heterocycles. The van der Waals surface area contributed by atoms with Crippen LogP contribution >= 0.6 is 0 Å². The fraction of sp³-hybridized carbons (Fsp3) is 0.259. The number of aromatic nitrogens is 1. The predicted octanol–water partition coefficient (Wildman–Crippen LogP) is 4.02. The molecule has 0 saturated carbocycles. The molecule has 0 radical (unpaired) electrons. The van der Waals surface area contributed by atoms with E-state index in [1.807, 2.05) is 6.07 Å². The Morgan fingerprint density at radius 2 is 1.73 bits per heavy atom. The molecule has 2 aromatic carbocycles.